The molecule has 2 aromatic rings. The summed E-state index contributed by atoms with van der Waals surface area (Å²) in [6.07, 6.45) is 0. The van der Waals surface area contributed by atoms with Crippen molar-refractivity contribution < 1.29 is 24.2 Å². The highest BCUT2D eigenvalue weighted by Crippen LogP contribution is 2.25. The summed E-state index contributed by atoms with van der Waals surface area (Å²) >= 11 is 5.93. The summed E-state index contributed by atoms with van der Waals surface area (Å²) in [5.74, 6) is -0.934. The number of halogens is 1. The minimum atomic E-state index is -0.772. The topological polar surface area (TPSA) is 72.8 Å². The molecule has 0 unspecified atom stereocenters. The van der Waals surface area contributed by atoms with Crippen LogP contribution in [0.15, 0.2) is 42.5 Å². The molecule has 0 bridgehead atoms. The van der Waals surface area contributed by atoms with E-state index in [4.69, 9.17) is 21.1 Å². The van der Waals surface area contributed by atoms with Crippen LogP contribution in [0, 0.1) is 0 Å². The number of benzene rings is 2. The number of phenols is 1. The van der Waals surface area contributed by atoms with Crippen LogP contribution in [0.4, 0.5) is 0 Å². The van der Waals surface area contributed by atoms with E-state index in [2.05, 4.69) is 0 Å². The summed E-state index contributed by atoms with van der Waals surface area (Å²) in [6.45, 7) is -0.449. The van der Waals surface area contributed by atoms with E-state index >= 15 is 0 Å². The number of carbonyl (C=O) groups excluding carboxylic acids is 2. The second-order valence-corrected chi connectivity index (χ2v) is 4.77. The highest BCUT2D eigenvalue weighted by atomic mass is 35.5. The lowest BCUT2D eigenvalue weighted by Crippen LogP contribution is -2.14. The molecule has 6 heteroatoms. The Hall–Kier alpha value is -2.53. The molecule has 0 atom stereocenters. The van der Waals surface area contributed by atoms with Gasteiger partial charge in [-0.2, -0.15) is 0 Å². The van der Waals surface area contributed by atoms with Gasteiger partial charge in [0.15, 0.2) is 12.4 Å². The van der Waals surface area contributed by atoms with Crippen molar-refractivity contribution in [3.05, 3.63) is 58.6 Å². The summed E-state index contributed by atoms with van der Waals surface area (Å²) in [5.41, 5.74) is 0.305. The second kappa shape index (κ2) is 6.95. The molecule has 0 heterocycles. The average molecular weight is 321 g/mol. The molecule has 0 aliphatic rings. The third kappa shape index (κ3) is 3.56. The molecule has 0 aliphatic heterocycles. The van der Waals surface area contributed by atoms with Gasteiger partial charge in [-0.25, -0.2) is 4.79 Å². The maximum atomic E-state index is 12.0. The van der Waals surface area contributed by atoms with Gasteiger partial charge in [0.1, 0.15) is 17.1 Å². The zero-order valence-electron chi connectivity index (χ0n) is 11.7. The maximum Gasteiger partial charge on any atom is 0.342 e. The lowest BCUT2D eigenvalue weighted by atomic mass is 10.1. The van der Waals surface area contributed by atoms with Crippen molar-refractivity contribution in [2.75, 3.05) is 13.7 Å². The van der Waals surface area contributed by atoms with Gasteiger partial charge in [0, 0.05) is 5.56 Å². The van der Waals surface area contributed by atoms with Gasteiger partial charge in [-0.15, -0.1) is 0 Å². The minimum absolute atomic E-state index is 0.00284. The van der Waals surface area contributed by atoms with Crippen LogP contribution >= 0.6 is 11.6 Å². The Morgan fingerprint density at radius 1 is 1.18 bits per heavy atom. The van der Waals surface area contributed by atoms with Crippen LogP contribution in [0.2, 0.25) is 5.02 Å². The van der Waals surface area contributed by atoms with Gasteiger partial charge in [-0.1, -0.05) is 23.7 Å². The molecule has 0 radical (unpaired) electrons. The van der Waals surface area contributed by atoms with E-state index in [9.17, 15) is 14.7 Å². The summed E-state index contributed by atoms with van der Waals surface area (Å²) in [7, 11) is 1.47. The molecule has 5 nitrogen and oxygen atoms in total. The standard InChI is InChI=1S/C16H13ClO5/c1-21-15-7-6-10(8-12(15)17)14(19)9-22-16(20)11-4-2-3-5-13(11)18/h2-8,18H,9H2,1H3. The predicted molar refractivity (Wildman–Crippen MR) is 80.7 cm³/mol. The van der Waals surface area contributed by atoms with Gasteiger partial charge in [-0.3, -0.25) is 4.79 Å². The number of hydrogen-bond acceptors (Lipinski definition) is 5. The molecular weight excluding hydrogens is 308 g/mol. The molecule has 2 aromatic carbocycles. The highest BCUT2D eigenvalue weighted by Gasteiger charge is 2.15. The van der Waals surface area contributed by atoms with Gasteiger partial charge in [0.25, 0.3) is 0 Å². The Morgan fingerprint density at radius 2 is 1.91 bits per heavy atom. The zero-order valence-corrected chi connectivity index (χ0v) is 12.5. The summed E-state index contributed by atoms with van der Waals surface area (Å²) in [6, 6.07) is 10.5. The fourth-order valence-corrected chi connectivity index (χ4v) is 2.04. The highest BCUT2D eigenvalue weighted by molar-refractivity contribution is 6.32. The number of para-hydroxylation sites is 1. The van der Waals surface area contributed by atoms with Crippen LogP contribution in [0.1, 0.15) is 20.7 Å². The third-order valence-electron chi connectivity index (χ3n) is 2.93. The number of esters is 1. The summed E-state index contributed by atoms with van der Waals surface area (Å²) in [5, 5.41) is 9.83. The maximum absolute atomic E-state index is 12.0. The van der Waals surface area contributed by atoms with Crippen LogP contribution in [-0.2, 0) is 4.74 Å². The molecule has 0 spiro atoms. The molecule has 0 fully saturated rings. The molecule has 0 amide bonds. The fraction of sp³-hybridized carbons (Fsp3) is 0.125. The first kappa shape index (κ1) is 15.9. The molecule has 1 N–H and O–H groups in total. The Balaban J connectivity index is 2.02. The molecule has 114 valence electrons. The normalized spacial score (nSPS) is 10.1. The van der Waals surface area contributed by atoms with Crippen LogP contribution < -0.4 is 4.74 Å². The number of methoxy groups -OCH3 is 1. The van der Waals surface area contributed by atoms with Crippen LogP contribution in [0.25, 0.3) is 0 Å². The van der Waals surface area contributed by atoms with Crippen molar-refractivity contribution in [1.82, 2.24) is 0 Å². The zero-order chi connectivity index (χ0) is 16.1. The quantitative estimate of drug-likeness (QED) is 0.677. The van der Waals surface area contributed by atoms with Crippen molar-refractivity contribution in [2.24, 2.45) is 0 Å². The van der Waals surface area contributed by atoms with Gasteiger partial charge in [-0.05, 0) is 30.3 Å². The SMILES string of the molecule is COc1ccc(C(=O)COC(=O)c2ccccc2O)cc1Cl. The van der Waals surface area contributed by atoms with Crippen LogP contribution in [-0.4, -0.2) is 30.6 Å². The van der Waals surface area contributed by atoms with Crippen molar-refractivity contribution in [2.45, 2.75) is 0 Å². The van der Waals surface area contributed by atoms with E-state index in [0.29, 0.717) is 16.3 Å². The van der Waals surface area contributed by atoms with E-state index in [0.717, 1.165) is 0 Å². The molecule has 2 rings (SSSR count). The molecule has 22 heavy (non-hydrogen) atoms. The van der Waals surface area contributed by atoms with E-state index < -0.39 is 18.4 Å². The van der Waals surface area contributed by atoms with Crippen LogP contribution in [0.5, 0.6) is 11.5 Å². The molecular formula is C16H13ClO5. The Morgan fingerprint density at radius 3 is 2.55 bits per heavy atom. The second-order valence-electron chi connectivity index (χ2n) is 4.37. The van der Waals surface area contributed by atoms with Crippen molar-refractivity contribution in [3.8, 4) is 11.5 Å². The summed E-state index contributed by atoms with van der Waals surface area (Å²) in [4.78, 5) is 23.8. The lowest BCUT2D eigenvalue weighted by molar-refractivity contribution is 0.0472. The number of ether oxygens (including phenoxy) is 2. The number of hydrogen-bond donors (Lipinski definition) is 1. The first-order valence-corrected chi connectivity index (χ1v) is 6.72. The monoisotopic (exact) mass is 320 g/mol. The number of rotatable bonds is 5. The molecule has 0 aliphatic carbocycles. The number of Topliss-reactive ketones (excluding diaryl/α,β-unsaturated/α-hetero) is 1. The molecule has 0 saturated heterocycles. The first-order valence-electron chi connectivity index (χ1n) is 6.34. The van der Waals surface area contributed by atoms with Crippen molar-refractivity contribution in [3.63, 3.8) is 0 Å². The fourth-order valence-electron chi connectivity index (χ4n) is 1.78. The minimum Gasteiger partial charge on any atom is -0.507 e. The number of phenolic OH excluding ortho intramolecular Hbond substituents is 1. The van der Waals surface area contributed by atoms with E-state index in [1.165, 1.54) is 31.4 Å². The largest absolute Gasteiger partial charge is 0.507 e. The average Bonchev–Trinajstić information content (AvgIpc) is 2.52. The van der Waals surface area contributed by atoms with Crippen LogP contribution in [0.3, 0.4) is 0 Å². The number of aromatic hydroxyl groups is 1. The molecule has 0 aromatic heterocycles. The van der Waals surface area contributed by atoms with E-state index in [1.807, 2.05) is 0 Å². The number of ketones is 1. The Labute approximate surface area is 132 Å². The van der Waals surface area contributed by atoms with Gasteiger partial charge >= 0.3 is 5.97 Å². The van der Waals surface area contributed by atoms with Gasteiger partial charge < -0.3 is 14.6 Å². The van der Waals surface area contributed by atoms with Gasteiger partial charge in [0.05, 0.1) is 12.1 Å². The summed E-state index contributed by atoms with van der Waals surface area (Å²) < 4.78 is 9.89. The predicted octanol–water partition coefficient (Wildman–Crippen LogP) is 3.09. The Bertz CT molecular complexity index is 711. The van der Waals surface area contributed by atoms with E-state index in [1.54, 1.807) is 18.2 Å². The van der Waals surface area contributed by atoms with Crippen molar-refractivity contribution in [1.29, 1.82) is 0 Å². The van der Waals surface area contributed by atoms with E-state index in [-0.39, 0.29) is 11.3 Å². The molecule has 0 saturated carbocycles. The Kier molecular flexibility index (Phi) is 5.01. The third-order valence-corrected chi connectivity index (χ3v) is 3.23. The van der Waals surface area contributed by atoms with Crippen molar-refractivity contribution >= 4 is 23.4 Å². The smallest absolute Gasteiger partial charge is 0.342 e. The number of carbonyl (C=O) groups is 2. The van der Waals surface area contributed by atoms with Gasteiger partial charge in [0.2, 0.25) is 0 Å². The first-order chi connectivity index (χ1) is 10.5. The lowest BCUT2D eigenvalue weighted by Gasteiger charge is -2.07.